The number of imidazole rings is 1. The highest BCUT2D eigenvalue weighted by Crippen LogP contribution is 2.30. The fraction of sp³-hybridized carbons (Fsp3) is 0.750. The van der Waals surface area contributed by atoms with Gasteiger partial charge in [-0.05, 0) is 57.2 Å². The van der Waals surface area contributed by atoms with Crippen LogP contribution in [0, 0.1) is 0 Å². The van der Waals surface area contributed by atoms with E-state index in [2.05, 4.69) is 41.0 Å². The number of thioether (sulfide) groups is 1. The number of pyridine rings is 1. The summed E-state index contributed by atoms with van der Waals surface area (Å²) in [6.45, 7) is 14.4. The molecule has 3 aromatic rings. The molecule has 17 heteroatoms. The molecule has 0 fully saturated rings. The Morgan fingerprint density at radius 2 is 1.11 bits per heavy atom. The Balaban J connectivity index is 0.998. The summed E-state index contributed by atoms with van der Waals surface area (Å²) >= 11 is 1.22. The summed E-state index contributed by atoms with van der Waals surface area (Å²) in [6, 6.07) is 6.32. The first-order chi connectivity index (χ1) is 30.0. The van der Waals surface area contributed by atoms with E-state index >= 15 is 0 Å². The van der Waals surface area contributed by atoms with Crippen LogP contribution in [0.1, 0.15) is 56.8 Å². The molecule has 0 unspecified atom stereocenters. The molecular formula is C44H75N5O11S. The minimum atomic E-state index is 0.131. The third kappa shape index (κ3) is 24.8. The second kappa shape index (κ2) is 35.9. The van der Waals surface area contributed by atoms with Crippen molar-refractivity contribution in [2.24, 2.45) is 0 Å². The van der Waals surface area contributed by atoms with Gasteiger partial charge in [0, 0.05) is 24.8 Å². The van der Waals surface area contributed by atoms with Gasteiger partial charge in [-0.25, -0.2) is 9.97 Å². The van der Waals surface area contributed by atoms with Crippen LogP contribution >= 0.6 is 11.8 Å². The number of hydrogen-bond acceptors (Lipinski definition) is 16. The van der Waals surface area contributed by atoms with E-state index in [1.807, 2.05) is 6.07 Å². The number of rotatable bonds is 42. The van der Waals surface area contributed by atoms with E-state index < -0.39 is 0 Å². The number of carbonyl (C=O) groups excluding carboxylic acids is 1. The van der Waals surface area contributed by atoms with Crippen molar-refractivity contribution in [2.45, 2.75) is 58.3 Å². The summed E-state index contributed by atoms with van der Waals surface area (Å²) in [5.41, 5.74) is 10.3. The molecule has 3 rings (SSSR count). The molecule has 0 radical (unpaired) electrons. The highest BCUT2D eigenvalue weighted by molar-refractivity contribution is 8.13. The lowest BCUT2D eigenvalue weighted by Crippen LogP contribution is -2.25. The molecule has 16 nitrogen and oxygen atoms in total. The standard InChI is InChI=1S/C44H75N5O11S/c1-4-5-13-39-47-42-41-37(11-9-12-38(41)46-44(45)43(42)48-39)10-7-6-8-15-49(2)16-18-52-20-22-54-24-26-56-28-30-58-32-34-60-36-35-59-33-31-57-29-27-55-25-23-53-21-19-51-17-14-40(50)61-3/h9,11-12H,4-8,10,13-36H2,1-3H3,(H2,45,46)(H,47,48). The molecular weight excluding hydrogens is 807 g/mol. The number of nitrogens with one attached hydrogen (secondary N) is 1. The number of nitrogens with two attached hydrogens (primary N) is 1. The van der Waals surface area contributed by atoms with E-state index in [0.29, 0.717) is 144 Å². The first-order valence-electron chi connectivity index (χ1n) is 22.1. The molecule has 0 aliphatic carbocycles. The van der Waals surface area contributed by atoms with Gasteiger partial charge in [0.1, 0.15) is 22.7 Å². The number of anilines is 1. The number of benzene rings is 1. The van der Waals surface area contributed by atoms with Crippen LogP contribution in [0.2, 0.25) is 0 Å². The normalized spacial score (nSPS) is 11.9. The van der Waals surface area contributed by atoms with E-state index in [4.69, 9.17) is 58.1 Å². The van der Waals surface area contributed by atoms with Gasteiger partial charge in [0.15, 0.2) is 5.12 Å². The van der Waals surface area contributed by atoms with Crippen LogP contribution in [0.4, 0.5) is 5.82 Å². The zero-order valence-corrected chi connectivity index (χ0v) is 38.1. The summed E-state index contributed by atoms with van der Waals surface area (Å²) in [5.74, 6) is 1.51. The highest BCUT2D eigenvalue weighted by Gasteiger charge is 2.14. The lowest BCUT2D eigenvalue weighted by Gasteiger charge is -2.16. The third-order valence-corrected chi connectivity index (χ3v) is 10.2. The number of aromatic amines is 1. The molecule has 0 spiro atoms. The maximum absolute atomic E-state index is 11.1. The first kappa shape index (κ1) is 52.8. The zero-order valence-electron chi connectivity index (χ0n) is 37.3. The molecule has 0 amide bonds. The van der Waals surface area contributed by atoms with Crippen molar-refractivity contribution in [3.8, 4) is 0 Å². The number of H-pyrrole nitrogens is 1. The molecule has 0 aliphatic heterocycles. The van der Waals surface area contributed by atoms with Gasteiger partial charge < -0.3 is 63.0 Å². The topological polar surface area (TPSA) is 180 Å². The number of unbranched alkanes of at least 4 members (excludes halogenated alkanes) is 3. The minimum Gasteiger partial charge on any atom is -0.382 e. The van der Waals surface area contributed by atoms with Crippen molar-refractivity contribution in [2.75, 3.05) is 164 Å². The number of aryl methyl sites for hydroxylation is 2. The van der Waals surface area contributed by atoms with Crippen molar-refractivity contribution in [1.29, 1.82) is 0 Å². The minimum absolute atomic E-state index is 0.131. The Morgan fingerprint density at radius 3 is 1.61 bits per heavy atom. The van der Waals surface area contributed by atoms with Crippen LogP contribution in [0.3, 0.4) is 0 Å². The molecule has 348 valence electrons. The number of fused-ring (bicyclic) bond motifs is 3. The second-order valence-electron chi connectivity index (χ2n) is 14.4. The van der Waals surface area contributed by atoms with Gasteiger partial charge in [-0.2, -0.15) is 0 Å². The van der Waals surface area contributed by atoms with E-state index in [-0.39, 0.29) is 5.12 Å². The summed E-state index contributed by atoms with van der Waals surface area (Å²) in [5, 5.41) is 1.26. The van der Waals surface area contributed by atoms with Gasteiger partial charge in [0.05, 0.1) is 138 Å². The fourth-order valence-electron chi connectivity index (χ4n) is 6.14. The van der Waals surface area contributed by atoms with E-state index in [1.54, 1.807) is 6.26 Å². The summed E-state index contributed by atoms with van der Waals surface area (Å²) in [6.07, 6.45) is 9.75. The van der Waals surface area contributed by atoms with Crippen LogP contribution < -0.4 is 5.73 Å². The van der Waals surface area contributed by atoms with Crippen molar-refractivity contribution >= 4 is 44.6 Å². The molecule has 0 saturated carbocycles. The molecule has 1 aromatic carbocycles. The smallest absolute Gasteiger partial charge is 0.190 e. The molecule has 0 bridgehead atoms. The Hall–Kier alpha value is -2.52. The van der Waals surface area contributed by atoms with Gasteiger partial charge in [-0.1, -0.05) is 43.7 Å². The highest BCUT2D eigenvalue weighted by atomic mass is 32.2. The van der Waals surface area contributed by atoms with Crippen molar-refractivity contribution < 1.29 is 52.2 Å². The lowest BCUT2D eigenvalue weighted by atomic mass is 10.0. The quantitative estimate of drug-likeness (QED) is 0.0715. The number of likely N-dealkylation sites (N-methyl/N-ethyl adjacent to an activating group) is 1. The Labute approximate surface area is 367 Å². The number of nitrogens with zero attached hydrogens (tertiary/aromatic N) is 3. The molecule has 3 N–H and O–H groups in total. The zero-order chi connectivity index (χ0) is 43.4. The maximum Gasteiger partial charge on any atom is 0.190 e. The molecule has 0 saturated heterocycles. The fourth-order valence-corrected chi connectivity index (χ4v) is 6.43. The van der Waals surface area contributed by atoms with E-state index in [1.165, 1.54) is 17.3 Å². The van der Waals surface area contributed by atoms with Gasteiger partial charge in [0.2, 0.25) is 0 Å². The monoisotopic (exact) mass is 882 g/mol. The predicted octanol–water partition coefficient (Wildman–Crippen LogP) is 5.13. The van der Waals surface area contributed by atoms with E-state index in [9.17, 15) is 4.79 Å². The number of ether oxygens (including phenoxy) is 10. The van der Waals surface area contributed by atoms with Crippen LogP contribution in [0.15, 0.2) is 18.2 Å². The Morgan fingerprint density at radius 1 is 0.623 bits per heavy atom. The predicted molar refractivity (Wildman–Crippen MR) is 241 cm³/mol. The summed E-state index contributed by atoms with van der Waals surface area (Å²) in [7, 11) is 2.15. The number of carbonyl (C=O) groups is 1. The Kier molecular flexibility index (Phi) is 31.1. The molecule has 2 aromatic heterocycles. The van der Waals surface area contributed by atoms with Crippen LogP contribution in [0.5, 0.6) is 0 Å². The first-order valence-corrected chi connectivity index (χ1v) is 23.3. The van der Waals surface area contributed by atoms with Gasteiger partial charge in [0.25, 0.3) is 0 Å². The number of aromatic nitrogens is 3. The number of nitrogen functional groups attached to an aromatic ring is 1. The number of hydrogen-bond donors (Lipinski definition) is 2. The lowest BCUT2D eigenvalue weighted by molar-refractivity contribution is -0.112. The van der Waals surface area contributed by atoms with Crippen LogP contribution in [-0.2, 0) is 65.0 Å². The average Bonchev–Trinajstić information content (AvgIpc) is 3.70. The average molecular weight is 882 g/mol. The largest absolute Gasteiger partial charge is 0.382 e. The van der Waals surface area contributed by atoms with Crippen molar-refractivity contribution in [3.05, 3.63) is 29.6 Å². The molecule has 0 aliphatic rings. The van der Waals surface area contributed by atoms with Crippen LogP contribution in [0.25, 0.3) is 21.9 Å². The molecule has 61 heavy (non-hydrogen) atoms. The third-order valence-electron chi connectivity index (χ3n) is 9.51. The van der Waals surface area contributed by atoms with E-state index in [0.717, 1.165) is 85.8 Å². The van der Waals surface area contributed by atoms with Crippen LogP contribution in [-0.4, -0.2) is 183 Å². The SMILES string of the molecule is CCCCc1nc2c([nH]1)c(N)nc1cccc(CCCCCN(C)CCOCCOCCOCCOCCOCCOCCOCCOCCOCCOCCC(=O)SC)c12. The second-order valence-corrected chi connectivity index (χ2v) is 15.2. The molecule has 0 atom stereocenters. The Bertz CT molecular complexity index is 1540. The summed E-state index contributed by atoms with van der Waals surface area (Å²) < 4.78 is 55.2. The summed E-state index contributed by atoms with van der Waals surface area (Å²) in [4.78, 5) is 26.5. The van der Waals surface area contributed by atoms with Gasteiger partial charge in [-0.3, -0.25) is 4.79 Å². The van der Waals surface area contributed by atoms with Gasteiger partial charge >= 0.3 is 0 Å². The maximum atomic E-state index is 11.1. The molecule has 2 heterocycles. The van der Waals surface area contributed by atoms with Gasteiger partial charge in [-0.15, -0.1) is 0 Å². The van der Waals surface area contributed by atoms with Crippen molar-refractivity contribution in [1.82, 2.24) is 19.9 Å². The van der Waals surface area contributed by atoms with Crippen molar-refractivity contribution in [3.63, 3.8) is 0 Å².